The highest BCUT2D eigenvalue weighted by atomic mass is 32.2. The molecule has 0 fully saturated rings. The number of carbonyl (C=O) groups excluding carboxylic acids is 1. The van der Waals surface area contributed by atoms with Crippen LogP contribution in [0.5, 0.6) is 0 Å². The van der Waals surface area contributed by atoms with Crippen molar-refractivity contribution >= 4 is 17.9 Å². The molecule has 25 heavy (non-hydrogen) atoms. The molecule has 0 amide bonds. The van der Waals surface area contributed by atoms with Crippen molar-refractivity contribution in [3.63, 3.8) is 0 Å². The number of hydrogen-bond donors (Lipinski definition) is 1. The third kappa shape index (κ3) is 6.56. The number of hydrogen-bond acceptors (Lipinski definition) is 4. The molecule has 2 aromatic rings. The van der Waals surface area contributed by atoms with E-state index in [9.17, 15) is 4.79 Å². The maximum absolute atomic E-state index is 12.0. The van der Waals surface area contributed by atoms with Crippen LogP contribution in [0.4, 0.5) is 0 Å². The Morgan fingerprint density at radius 3 is 2.40 bits per heavy atom. The van der Waals surface area contributed by atoms with Crippen LogP contribution >= 0.6 is 11.9 Å². The molecule has 0 spiro atoms. The van der Waals surface area contributed by atoms with Crippen molar-refractivity contribution < 1.29 is 9.53 Å². The molecule has 2 rings (SSSR count). The lowest BCUT2D eigenvalue weighted by Gasteiger charge is -2.24. The smallest absolute Gasteiger partial charge is 0.307 e. The summed E-state index contributed by atoms with van der Waals surface area (Å²) in [6.07, 6.45) is 0.315. The quantitative estimate of drug-likeness (QED) is 0.533. The molecule has 0 heterocycles. The van der Waals surface area contributed by atoms with Gasteiger partial charge in [-0.2, -0.15) is 0 Å². The van der Waals surface area contributed by atoms with E-state index in [2.05, 4.69) is 55.8 Å². The first-order valence-corrected chi connectivity index (χ1v) is 9.45. The van der Waals surface area contributed by atoms with E-state index in [0.29, 0.717) is 13.0 Å². The average molecular weight is 358 g/mol. The summed E-state index contributed by atoms with van der Waals surface area (Å²) in [6, 6.07) is 18.5. The molecule has 2 aromatic carbocycles. The van der Waals surface area contributed by atoms with E-state index in [4.69, 9.17) is 4.74 Å². The molecule has 0 aliphatic rings. The van der Waals surface area contributed by atoms with Gasteiger partial charge in [0.15, 0.2) is 0 Å². The predicted molar refractivity (Wildman–Crippen MR) is 106 cm³/mol. The highest BCUT2D eigenvalue weighted by Crippen LogP contribution is 2.29. The van der Waals surface area contributed by atoms with E-state index in [-0.39, 0.29) is 16.8 Å². The highest BCUT2D eigenvalue weighted by molar-refractivity contribution is 7.98. The Morgan fingerprint density at radius 2 is 1.76 bits per heavy atom. The minimum Gasteiger partial charge on any atom is -0.466 e. The lowest BCUT2D eigenvalue weighted by Crippen LogP contribution is -2.24. The molecule has 3 nitrogen and oxygen atoms in total. The first-order valence-electron chi connectivity index (χ1n) is 8.63. The Hall–Kier alpha value is -1.78. The lowest BCUT2D eigenvalue weighted by atomic mass is 9.98. The van der Waals surface area contributed by atoms with Crippen LogP contribution in [0.1, 0.15) is 45.7 Å². The van der Waals surface area contributed by atoms with Crippen molar-refractivity contribution in [3.05, 3.63) is 60.2 Å². The molecule has 1 N–H and O–H groups in total. The van der Waals surface area contributed by atoms with Crippen molar-refractivity contribution in [1.29, 1.82) is 0 Å². The summed E-state index contributed by atoms with van der Waals surface area (Å²) in [5, 5.41) is 0. The molecular formula is C21H27NO2S. The van der Waals surface area contributed by atoms with Gasteiger partial charge in [0.2, 0.25) is 0 Å². The number of rotatable bonds is 7. The second kappa shape index (κ2) is 9.07. The van der Waals surface area contributed by atoms with Gasteiger partial charge in [-0.15, -0.1) is 0 Å². The van der Waals surface area contributed by atoms with E-state index >= 15 is 0 Å². The van der Waals surface area contributed by atoms with E-state index in [1.165, 1.54) is 5.56 Å². The molecule has 1 atom stereocenters. The fraction of sp³-hybridized carbons (Fsp3) is 0.381. The van der Waals surface area contributed by atoms with Crippen molar-refractivity contribution in [2.45, 2.75) is 44.9 Å². The number of carbonyl (C=O) groups is 1. The van der Waals surface area contributed by atoms with Gasteiger partial charge in [0.05, 0.1) is 19.1 Å². The van der Waals surface area contributed by atoms with Crippen molar-refractivity contribution in [2.24, 2.45) is 0 Å². The highest BCUT2D eigenvalue weighted by Gasteiger charge is 2.20. The number of esters is 1. The summed E-state index contributed by atoms with van der Waals surface area (Å²) in [4.78, 5) is 12.0. The summed E-state index contributed by atoms with van der Waals surface area (Å²) < 4.78 is 8.67. The number of ether oxygens (including phenoxy) is 1. The summed E-state index contributed by atoms with van der Waals surface area (Å²) in [7, 11) is 0. The Balaban J connectivity index is 2.24. The van der Waals surface area contributed by atoms with Crippen LogP contribution in [0, 0.1) is 0 Å². The summed E-state index contributed by atoms with van der Waals surface area (Å²) in [5.41, 5.74) is 3.41. The standard InChI is InChI=1S/C21H27NO2S/c1-5-24-20(23)15-19(22-25-21(2,3)4)18-13-9-12-17(14-18)16-10-7-6-8-11-16/h6-14,19,22H,5,15H2,1-4H3. The number of benzene rings is 2. The van der Waals surface area contributed by atoms with Gasteiger partial charge in [-0.25, -0.2) is 0 Å². The van der Waals surface area contributed by atoms with Crippen LogP contribution in [0.25, 0.3) is 11.1 Å². The van der Waals surface area contributed by atoms with Crippen LogP contribution < -0.4 is 4.72 Å². The molecule has 134 valence electrons. The zero-order valence-corrected chi connectivity index (χ0v) is 16.2. The largest absolute Gasteiger partial charge is 0.466 e. The van der Waals surface area contributed by atoms with Gasteiger partial charge in [-0.3, -0.25) is 9.52 Å². The molecule has 0 saturated carbocycles. The van der Waals surface area contributed by atoms with Crippen molar-refractivity contribution in [2.75, 3.05) is 6.61 Å². The van der Waals surface area contributed by atoms with Crippen LogP contribution in [0.15, 0.2) is 54.6 Å². The molecule has 0 radical (unpaired) electrons. The summed E-state index contributed by atoms with van der Waals surface area (Å²) in [6.45, 7) is 8.67. The summed E-state index contributed by atoms with van der Waals surface area (Å²) >= 11 is 1.64. The van der Waals surface area contributed by atoms with E-state index in [1.54, 1.807) is 11.9 Å². The molecule has 4 heteroatoms. The molecule has 0 saturated heterocycles. The van der Waals surface area contributed by atoms with Crippen LogP contribution in [-0.2, 0) is 9.53 Å². The van der Waals surface area contributed by atoms with Crippen molar-refractivity contribution in [1.82, 2.24) is 4.72 Å². The third-order valence-corrected chi connectivity index (χ3v) is 4.59. The summed E-state index contributed by atoms with van der Waals surface area (Å²) in [5.74, 6) is -0.181. The monoisotopic (exact) mass is 357 g/mol. The van der Waals surface area contributed by atoms with E-state index in [1.807, 2.05) is 31.2 Å². The van der Waals surface area contributed by atoms with Gasteiger partial charge in [-0.05, 0) is 50.5 Å². The average Bonchev–Trinajstić information content (AvgIpc) is 2.59. The van der Waals surface area contributed by atoms with Crippen LogP contribution in [-0.4, -0.2) is 17.3 Å². The Labute approximate surface area is 155 Å². The fourth-order valence-electron chi connectivity index (χ4n) is 2.43. The molecule has 0 bridgehead atoms. The maximum atomic E-state index is 12.0. The van der Waals surface area contributed by atoms with E-state index < -0.39 is 0 Å². The fourth-order valence-corrected chi connectivity index (χ4v) is 3.14. The zero-order chi connectivity index (χ0) is 18.3. The van der Waals surface area contributed by atoms with Gasteiger partial charge in [0.1, 0.15) is 0 Å². The molecule has 1 unspecified atom stereocenters. The maximum Gasteiger partial charge on any atom is 0.307 e. The first kappa shape index (κ1) is 19.5. The topological polar surface area (TPSA) is 38.3 Å². The van der Waals surface area contributed by atoms with Gasteiger partial charge >= 0.3 is 5.97 Å². The van der Waals surface area contributed by atoms with Gasteiger partial charge < -0.3 is 4.74 Å². The van der Waals surface area contributed by atoms with Gasteiger partial charge in [0, 0.05) is 4.75 Å². The second-order valence-corrected chi connectivity index (χ2v) is 8.55. The zero-order valence-electron chi connectivity index (χ0n) is 15.4. The van der Waals surface area contributed by atoms with Crippen LogP contribution in [0.2, 0.25) is 0 Å². The Morgan fingerprint density at radius 1 is 1.08 bits per heavy atom. The lowest BCUT2D eigenvalue weighted by molar-refractivity contribution is -0.143. The predicted octanol–water partition coefficient (Wildman–Crippen LogP) is 5.38. The van der Waals surface area contributed by atoms with Crippen LogP contribution in [0.3, 0.4) is 0 Å². The minimum absolute atomic E-state index is 0.0595. The Bertz CT molecular complexity index is 680. The van der Waals surface area contributed by atoms with E-state index in [0.717, 1.165) is 11.1 Å². The van der Waals surface area contributed by atoms with Gasteiger partial charge in [-0.1, -0.05) is 60.5 Å². The molecule has 0 aliphatic heterocycles. The minimum atomic E-state index is -0.181. The van der Waals surface area contributed by atoms with Gasteiger partial charge in [0.25, 0.3) is 0 Å². The normalized spacial score (nSPS) is 12.6. The third-order valence-electron chi connectivity index (χ3n) is 3.58. The Kier molecular flexibility index (Phi) is 7.09. The number of nitrogens with one attached hydrogen (secondary N) is 1. The molecular weight excluding hydrogens is 330 g/mol. The first-order chi connectivity index (χ1) is 11.9. The molecule has 0 aliphatic carbocycles. The second-order valence-electron chi connectivity index (χ2n) is 6.89. The molecule has 0 aromatic heterocycles. The SMILES string of the molecule is CCOC(=O)CC(NSC(C)(C)C)c1cccc(-c2ccccc2)c1. The van der Waals surface area contributed by atoms with Crippen molar-refractivity contribution in [3.8, 4) is 11.1 Å².